The monoisotopic (exact) mass is 432 g/mol. The van der Waals surface area contributed by atoms with Gasteiger partial charge in [0.15, 0.2) is 0 Å². The van der Waals surface area contributed by atoms with E-state index in [0.29, 0.717) is 5.70 Å². The third kappa shape index (κ3) is 4.03. The average Bonchev–Trinajstić information content (AvgIpc) is 3.19. The molecule has 33 heavy (non-hydrogen) atoms. The molecule has 4 aromatic rings. The minimum atomic E-state index is -0.187. The summed E-state index contributed by atoms with van der Waals surface area (Å²) in [5.41, 5.74) is 6.10. The van der Waals surface area contributed by atoms with Crippen LogP contribution < -0.4 is 10.2 Å². The Morgan fingerprint density at radius 2 is 1.39 bits per heavy atom. The van der Waals surface area contributed by atoms with Crippen LogP contribution in [0, 0.1) is 0 Å². The molecule has 0 radical (unpaired) electrons. The summed E-state index contributed by atoms with van der Waals surface area (Å²) in [5, 5.41) is 5.72. The van der Waals surface area contributed by atoms with Crippen molar-refractivity contribution in [3.05, 3.63) is 119 Å². The summed E-state index contributed by atoms with van der Waals surface area (Å²) >= 11 is 0. The lowest BCUT2D eigenvalue weighted by Gasteiger charge is -2.26. The van der Waals surface area contributed by atoms with Gasteiger partial charge in [0.1, 0.15) is 5.70 Å². The number of rotatable bonds is 6. The molecule has 5 rings (SSSR count). The zero-order valence-corrected chi connectivity index (χ0v) is 19.1. The number of fused-ring (bicyclic) bond motifs is 1. The van der Waals surface area contributed by atoms with E-state index in [2.05, 4.69) is 104 Å². The summed E-state index contributed by atoms with van der Waals surface area (Å²) in [5.74, 6) is -0.0169. The van der Waals surface area contributed by atoms with Crippen LogP contribution in [0.5, 0.6) is 0 Å². The summed E-state index contributed by atoms with van der Waals surface area (Å²) < 4.78 is 0. The highest BCUT2D eigenvalue weighted by Crippen LogP contribution is 2.39. The van der Waals surface area contributed by atoms with Crippen molar-refractivity contribution in [2.45, 2.75) is 32.7 Å². The minimum absolute atomic E-state index is 0.0169. The van der Waals surface area contributed by atoms with E-state index >= 15 is 0 Å². The molecule has 1 unspecified atom stereocenters. The fourth-order valence-electron chi connectivity index (χ4n) is 4.54. The second-order valence-corrected chi connectivity index (χ2v) is 8.46. The van der Waals surface area contributed by atoms with Crippen molar-refractivity contribution in [1.82, 2.24) is 0 Å². The van der Waals surface area contributed by atoms with E-state index in [4.69, 9.17) is 0 Å². The van der Waals surface area contributed by atoms with Gasteiger partial charge in [-0.15, -0.1) is 0 Å². The molecule has 1 N–H and O–H groups in total. The SMILES string of the molecule is CCc1ccc(NC2=CC(c3cccc4ccccc34)N(c3ccc(CC)cc3)C2=O)cc1. The van der Waals surface area contributed by atoms with Crippen molar-refractivity contribution in [2.75, 3.05) is 10.2 Å². The van der Waals surface area contributed by atoms with Gasteiger partial charge in [-0.3, -0.25) is 9.69 Å². The quantitative estimate of drug-likeness (QED) is 0.354. The van der Waals surface area contributed by atoms with Crippen molar-refractivity contribution in [1.29, 1.82) is 0 Å². The van der Waals surface area contributed by atoms with E-state index in [1.807, 2.05) is 17.0 Å². The molecule has 164 valence electrons. The molecule has 4 aromatic carbocycles. The first-order valence-electron chi connectivity index (χ1n) is 11.7. The molecule has 1 amide bonds. The van der Waals surface area contributed by atoms with Crippen molar-refractivity contribution < 1.29 is 4.79 Å². The maximum atomic E-state index is 13.7. The number of benzene rings is 4. The minimum Gasteiger partial charge on any atom is -0.351 e. The Labute approximate surface area is 195 Å². The Balaban J connectivity index is 1.58. The first kappa shape index (κ1) is 21.0. The number of nitrogens with one attached hydrogen (secondary N) is 1. The van der Waals surface area contributed by atoms with Gasteiger partial charge < -0.3 is 5.32 Å². The smallest absolute Gasteiger partial charge is 0.275 e. The van der Waals surface area contributed by atoms with Crippen molar-refractivity contribution in [2.24, 2.45) is 0 Å². The lowest BCUT2D eigenvalue weighted by molar-refractivity contribution is -0.114. The van der Waals surface area contributed by atoms with Gasteiger partial charge in [-0.2, -0.15) is 0 Å². The predicted octanol–water partition coefficient (Wildman–Crippen LogP) is 7.05. The summed E-state index contributed by atoms with van der Waals surface area (Å²) in [4.78, 5) is 15.6. The second kappa shape index (κ2) is 8.95. The number of amides is 1. The van der Waals surface area contributed by atoms with Crippen molar-refractivity contribution in [3.63, 3.8) is 0 Å². The average molecular weight is 433 g/mol. The third-order valence-corrected chi connectivity index (χ3v) is 6.46. The molecule has 3 heteroatoms. The van der Waals surface area contributed by atoms with E-state index in [-0.39, 0.29) is 11.9 Å². The molecule has 0 aromatic heterocycles. The number of carbonyl (C=O) groups excluding carboxylic acids is 1. The van der Waals surface area contributed by atoms with Crippen molar-refractivity contribution >= 4 is 28.1 Å². The second-order valence-electron chi connectivity index (χ2n) is 8.46. The van der Waals surface area contributed by atoms with Crippen LogP contribution >= 0.6 is 0 Å². The summed E-state index contributed by atoms with van der Waals surface area (Å²) in [6, 6.07) is 31.1. The maximum absolute atomic E-state index is 13.7. The molecule has 0 fully saturated rings. The number of hydrogen-bond acceptors (Lipinski definition) is 2. The maximum Gasteiger partial charge on any atom is 0.275 e. The Kier molecular flexibility index (Phi) is 5.70. The number of aryl methyl sites for hydroxylation is 2. The van der Waals surface area contributed by atoms with Crippen LogP contribution in [-0.4, -0.2) is 5.91 Å². The Bertz CT molecular complexity index is 1310. The molecular weight excluding hydrogens is 404 g/mol. The van der Waals surface area contributed by atoms with Crippen molar-refractivity contribution in [3.8, 4) is 0 Å². The highest BCUT2D eigenvalue weighted by molar-refractivity contribution is 6.11. The Hall–Kier alpha value is -3.85. The fraction of sp³-hybridized carbons (Fsp3) is 0.167. The highest BCUT2D eigenvalue weighted by Gasteiger charge is 2.35. The van der Waals surface area contributed by atoms with Gasteiger partial charge in [0.2, 0.25) is 0 Å². The fourth-order valence-corrected chi connectivity index (χ4v) is 4.54. The zero-order chi connectivity index (χ0) is 22.8. The summed E-state index contributed by atoms with van der Waals surface area (Å²) in [6.07, 6.45) is 4.03. The molecule has 3 nitrogen and oxygen atoms in total. The molecule has 0 saturated heterocycles. The lowest BCUT2D eigenvalue weighted by atomic mass is 9.98. The lowest BCUT2D eigenvalue weighted by Crippen LogP contribution is -2.30. The molecular formula is C30H28N2O. The van der Waals surface area contributed by atoms with Gasteiger partial charge in [0, 0.05) is 11.4 Å². The van der Waals surface area contributed by atoms with Crippen LogP contribution in [0.1, 0.15) is 36.6 Å². The van der Waals surface area contributed by atoms with Gasteiger partial charge in [-0.05, 0) is 70.6 Å². The largest absolute Gasteiger partial charge is 0.351 e. The van der Waals surface area contributed by atoms with E-state index in [1.54, 1.807) is 0 Å². The van der Waals surface area contributed by atoms with Crippen LogP contribution in [0.4, 0.5) is 11.4 Å². The predicted molar refractivity (Wildman–Crippen MR) is 138 cm³/mol. The number of hydrogen-bond donors (Lipinski definition) is 1. The summed E-state index contributed by atoms with van der Waals surface area (Å²) in [7, 11) is 0. The number of carbonyl (C=O) groups is 1. The Morgan fingerprint density at radius 3 is 2.09 bits per heavy atom. The first-order chi connectivity index (χ1) is 16.2. The molecule has 1 heterocycles. The van der Waals surface area contributed by atoms with Gasteiger partial charge in [-0.1, -0.05) is 80.6 Å². The molecule has 0 spiro atoms. The van der Waals surface area contributed by atoms with Gasteiger partial charge in [0.05, 0.1) is 6.04 Å². The highest BCUT2D eigenvalue weighted by atomic mass is 16.2. The van der Waals surface area contributed by atoms with Crippen LogP contribution in [0.2, 0.25) is 0 Å². The molecule has 0 bridgehead atoms. The standard InChI is InChI=1S/C30H28N2O/c1-3-21-12-16-24(17-13-21)31-28-20-29(27-11-7-9-23-8-5-6-10-26(23)27)32(30(28)33)25-18-14-22(4-2)15-19-25/h5-20,29,31H,3-4H2,1-2H3. The normalized spacial score (nSPS) is 15.7. The topological polar surface area (TPSA) is 32.3 Å². The third-order valence-electron chi connectivity index (χ3n) is 6.46. The molecule has 1 atom stereocenters. The van der Waals surface area contributed by atoms with E-state index in [0.717, 1.165) is 35.2 Å². The van der Waals surface area contributed by atoms with Gasteiger partial charge in [-0.25, -0.2) is 0 Å². The van der Waals surface area contributed by atoms with Gasteiger partial charge >= 0.3 is 0 Å². The van der Waals surface area contributed by atoms with E-state index in [9.17, 15) is 4.79 Å². The number of nitrogens with zero attached hydrogens (tertiary/aromatic N) is 1. The first-order valence-corrected chi connectivity index (χ1v) is 11.7. The Morgan fingerprint density at radius 1 is 0.758 bits per heavy atom. The number of anilines is 2. The van der Waals surface area contributed by atoms with Crippen LogP contribution in [0.25, 0.3) is 10.8 Å². The molecule has 1 aliphatic heterocycles. The molecule has 0 saturated carbocycles. The molecule has 0 aliphatic carbocycles. The molecule has 1 aliphatic rings. The van der Waals surface area contributed by atoms with Crippen LogP contribution in [-0.2, 0) is 17.6 Å². The summed E-state index contributed by atoms with van der Waals surface area (Å²) in [6.45, 7) is 4.28. The van der Waals surface area contributed by atoms with Gasteiger partial charge in [0.25, 0.3) is 5.91 Å². The van der Waals surface area contributed by atoms with Crippen LogP contribution in [0.3, 0.4) is 0 Å². The van der Waals surface area contributed by atoms with Crippen LogP contribution in [0.15, 0.2) is 103 Å². The zero-order valence-electron chi connectivity index (χ0n) is 19.1. The van der Waals surface area contributed by atoms with E-state index < -0.39 is 0 Å². The van der Waals surface area contributed by atoms with E-state index in [1.165, 1.54) is 16.5 Å².